The van der Waals surface area contributed by atoms with E-state index < -0.39 is 0 Å². The van der Waals surface area contributed by atoms with Crippen molar-refractivity contribution in [1.29, 1.82) is 5.26 Å². The van der Waals surface area contributed by atoms with Crippen molar-refractivity contribution in [2.75, 3.05) is 11.4 Å². The molecule has 2 rings (SSSR count). The fourth-order valence-electron chi connectivity index (χ4n) is 2.10. The third-order valence-electron chi connectivity index (χ3n) is 3.08. The number of anilines is 2. The third-order valence-corrected chi connectivity index (χ3v) is 3.39. The van der Waals surface area contributed by atoms with Crippen molar-refractivity contribution in [2.24, 2.45) is 0 Å². The summed E-state index contributed by atoms with van der Waals surface area (Å²) in [6, 6.07) is 14.0. The summed E-state index contributed by atoms with van der Waals surface area (Å²) in [5.74, 6) is 0.0975. The highest BCUT2D eigenvalue weighted by Gasteiger charge is 2.12. The first-order chi connectivity index (χ1) is 9.69. The van der Waals surface area contributed by atoms with E-state index in [4.69, 9.17) is 11.6 Å². The van der Waals surface area contributed by atoms with Crippen molar-refractivity contribution in [2.45, 2.75) is 12.8 Å². The van der Waals surface area contributed by atoms with Crippen molar-refractivity contribution in [3.8, 4) is 6.07 Å². The standard InChI is InChI=1S/C16H14ClFN2/c1-2-20(15-6-4-14(18)5-7-15)16-8-3-12(10-17)9-13(16)11-19/h3-9H,2,10H2,1H3. The van der Waals surface area contributed by atoms with Crippen LogP contribution in [0, 0.1) is 17.1 Å². The first kappa shape index (κ1) is 14.4. The van der Waals surface area contributed by atoms with Gasteiger partial charge in [-0.15, -0.1) is 11.6 Å². The lowest BCUT2D eigenvalue weighted by Crippen LogP contribution is -2.17. The highest BCUT2D eigenvalue weighted by atomic mass is 35.5. The number of hydrogen-bond acceptors (Lipinski definition) is 2. The highest BCUT2D eigenvalue weighted by molar-refractivity contribution is 6.17. The predicted octanol–water partition coefficient (Wildman–Crippen LogP) is 4.59. The number of nitrogens with zero attached hydrogens (tertiary/aromatic N) is 2. The molecule has 0 fully saturated rings. The van der Waals surface area contributed by atoms with Gasteiger partial charge in [-0.3, -0.25) is 0 Å². The fraction of sp³-hybridized carbons (Fsp3) is 0.188. The summed E-state index contributed by atoms with van der Waals surface area (Å²) in [5.41, 5.74) is 3.12. The van der Waals surface area contributed by atoms with Crippen LogP contribution in [0.4, 0.5) is 15.8 Å². The van der Waals surface area contributed by atoms with Gasteiger partial charge in [0.05, 0.1) is 11.3 Å². The van der Waals surface area contributed by atoms with Crippen LogP contribution in [0.15, 0.2) is 42.5 Å². The van der Waals surface area contributed by atoms with Gasteiger partial charge in [0.25, 0.3) is 0 Å². The smallest absolute Gasteiger partial charge is 0.123 e. The molecule has 0 aromatic heterocycles. The molecular formula is C16H14ClFN2. The Bertz CT molecular complexity index is 632. The average Bonchev–Trinajstić information content (AvgIpc) is 2.50. The zero-order chi connectivity index (χ0) is 14.5. The van der Waals surface area contributed by atoms with Gasteiger partial charge in [0.1, 0.15) is 11.9 Å². The van der Waals surface area contributed by atoms with E-state index in [2.05, 4.69) is 6.07 Å². The number of rotatable bonds is 4. The zero-order valence-electron chi connectivity index (χ0n) is 11.1. The second-order valence-corrected chi connectivity index (χ2v) is 4.58. The Hall–Kier alpha value is -2.05. The van der Waals surface area contributed by atoms with E-state index in [0.29, 0.717) is 18.0 Å². The van der Waals surface area contributed by atoms with Gasteiger partial charge in [-0.05, 0) is 48.9 Å². The van der Waals surface area contributed by atoms with Crippen molar-refractivity contribution in [3.63, 3.8) is 0 Å². The number of benzene rings is 2. The summed E-state index contributed by atoms with van der Waals surface area (Å²) >= 11 is 5.79. The van der Waals surface area contributed by atoms with Crippen LogP contribution in [0.25, 0.3) is 0 Å². The molecule has 0 aliphatic carbocycles. The third kappa shape index (κ3) is 2.92. The Morgan fingerprint density at radius 2 is 1.90 bits per heavy atom. The molecule has 0 saturated heterocycles. The van der Waals surface area contributed by atoms with Crippen molar-refractivity contribution >= 4 is 23.0 Å². The molecule has 0 radical (unpaired) electrons. The summed E-state index contributed by atoms with van der Waals surface area (Å²) in [5, 5.41) is 9.29. The SMILES string of the molecule is CCN(c1ccc(F)cc1)c1ccc(CCl)cc1C#N. The molecule has 0 spiro atoms. The summed E-state index contributed by atoms with van der Waals surface area (Å²) in [7, 11) is 0. The molecule has 2 aromatic carbocycles. The second kappa shape index (κ2) is 6.40. The van der Waals surface area contributed by atoms with Crippen LogP contribution in [0.2, 0.25) is 0 Å². The monoisotopic (exact) mass is 288 g/mol. The van der Waals surface area contributed by atoms with Gasteiger partial charge in [0, 0.05) is 18.1 Å². The van der Waals surface area contributed by atoms with E-state index in [0.717, 1.165) is 16.9 Å². The van der Waals surface area contributed by atoms with Gasteiger partial charge < -0.3 is 4.90 Å². The van der Waals surface area contributed by atoms with Crippen LogP contribution in [-0.2, 0) is 5.88 Å². The first-order valence-electron chi connectivity index (χ1n) is 6.31. The molecular weight excluding hydrogens is 275 g/mol. The lowest BCUT2D eigenvalue weighted by Gasteiger charge is -2.24. The largest absolute Gasteiger partial charge is 0.341 e. The van der Waals surface area contributed by atoms with Crippen LogP contribution < -0.4 is 4.90 Å². The molecule has 0 aliphatic heterocycles. The van der Waals surface area contributed by atoms with E-state index in [1.54, 1.807) is 18.2 Å². The van der Waals surface area contributed by atoms with Crippen LogP contribution in [0.3, 0.4) is 0 Å². The molecule has 2 nitrogen and oxygen atoms in total. The Kier molecular flexibility index (Phi) is 4.60. The lowest BCUT2D eigenvalue weighted by molar-refractivity contribution is 0.628. The van der Waals surface area contributed by atoms with Crippen LogP contribution in [-0.4, -0.2) is 6.54 Å². The van der Waals surface area contributed by atoms with E-state index in [1.165, 1.54) is 12.1 Å². The molecule has 0 aliphatic rings. The van der Waals surface area contributed by atoms with E-state index in [-0.39, 0.29) is 5.82 Å². The van der Waals surface area contributed by atoms with Crippen molar-refractivity contribution < 1.29 is 4.39 Å². The number of alkyl halides is 1. The fourth-order valence-corrected chi connectivity index (χ4v) is 2.27. The molecule has 102 valence electrons. The number of hydrogen-bond donors (Lipinski definition) is 0. The van der Waals surface area contributed by atoms with Crippen molar-refractivity contribution in [1.82, 2.24) is 0 Å². The van der Waals surface area contributed by atoms with Gasteiger partial charge in [-0.25, -0.2) is 4.39 Å². The summed E-state index contributed by atoms with van der Waals surface area (Å²) in [6.07, 6.45) is 0. The minimum Gasteiger partial charge on any atom is -0.341 e. The summed E-state index contributed by atoms with van der Waals surface area (Å²) in [4.78, 5) is 1.97. The van der Waals surface area contributed by atoms with E-state index >= 15 is 0 Å². The maximum absolute atomic E-state index is 13.0. The molecule has 0 atom stereocenters. The van der Waals surface area contributed by atoms with Gasteiger partial charge >= 0.3 is 0 Å². The molecule has 0 saturated carbocycles. The topological polar surface area (TPSA) is 27.0 Å². The Balaban J connectivity index is 2.47. The minimum atomic E-state index is -0.275. The van der Waals surface area contributed by atoms with E-state index in [9.17, 15) is 9.65 Å². The highest BCUT2D eigenvalue weighted by Crippen LogP contribution is 2.29. The lowest BCUT2D eigenvalue weighted by atomic mass is 10.1. The minimum absolute atomic E-state index is 0.275. The van der Waals surface area contributed by atoms with Gasteiger partial charge in [0.15, 0.2) is 0 Å². The van der Waals surface area contributed by atoms with E-state index in [1.807, 2.05) is 24.0 Å². The molecule has 2 aromatic rings. The van der Waals surface area contributed by atoms with Gasteiger partial charge in [-0.1, -0.05) is 6.07 Å². The average molecular weight is 289 g/mol. The molecule has 4 heteroatoms. The number of halogens is 2. The van der Waals surface area contributed by atoms with Crippen LogP contribution in [0.1, 0.15) is 18.1 Å². The Morgan fingerprint density at radius 1 is 1.20 bits per heavy atom. The normalized spacial score (nSPS) is 10.1. The van der Waals surface area contributed by atoms with Gasteiger partial charge in [0.2, 0.25) is 0 Å². The second-order valence-electron chi connectivity index (χ2n) is 4.32. The summed E-state index contributed by atoms with van der Waals surface area (Å²) < 4.78 is 13.0. The van der Waals surface area contributed by atoms with Gasteiger partial charge in [-0.2, -0.15) is 5.26 Å². The molecule has 0 heterocycles. The predicted molar refractivity (Wildman–Crippen MR) is 79.8 cm³/mol. The van der Waals surface area contributed by atoms with Crippen LogP contribution >= 0.6 is 11.6 Å². The van der Waals surface area contributed by atoms with Crippen LogP contribution in [0.5, 0.6) is 0 Å². The molecule has 0 amide bonds. The first-order valence-corrected chi connectivity index (χ1v) is 6.85. The quantitative estimate of drug-likeness (QED) is 0.769. The Labute approximate surface area is 123 Å². The summed E-state index contributed by atoms with van der Waals surface area (Å²) in [6.45, 7) is 2.67. The molecule has 20 heavy (non-hydrogen) atoms. The molecule has 0 unspecified atom stereocenters. The maximum atomic E-state index is 13.0. The molecule has 0 bridgehead atoms. The number of nitriles is 1. The maximum Gasteiger partial charge on any atom is 0.123 e. The zero-order valence-corrected chi connectivity index (χ0v) is 11.9. The Morgan fingerprint density at radius 3 is 2.45 bits per heavy atom. The van der Waals surface area contributed by atoms with Crippen molar-refractivity contribution in [3.05, 3.63) is 59.4 Å². The molecule has 0 N–H and O–H groups in total.